The molecule has 14 aromatic carbocycles. The highest BCUT2D eigenvalue weighted by Crippen LogP contribution is 2.45. The molecule has 0 fully saturated rings. The van der Waals surface area contributed by atoms with Crippen LogP contribution >= 0.6 is 23.2 Å². The lowest BCUT2D eigenvalue weighted by atomic mass is 9.79. The molecule has 0 unspecified atom stereocenters. The largest absolute Gasteiger partial charge is 0.488 e. The smallest absolute Gasteiger partial charge is 0.455 e. The molecule has 0 aliphatic carbocycles. The standard InChI is InChI=1S/C51H33N3O.C27H15Cl2N3O.C12H11BO2/c1-5-16-34(17-6-1)38-24-13-26-40(30-38)42-32-44(41-27-14-25-39(31-41)35-18-7-2-8-19-35)48-45(33-42)47-43(28-15-29-46(47)55-48)51-53-49(36-20-9-3-10-21-36)52-50(54-51)37-22-11-4-12-23-37;28-18-14-20-23-19(12-7-13-22(23)33-24(20)21(29)15-18)27-31-25(16-8-3-1-4-9-16)30-26(32-27)17-10-5-2-6-11-17;14-13(15)12-8-4-7-11(9-12)10-5-2-1-3-6-10/h1-33H;1-15H;1-9,14-15H. The van der Waals surface area contributed by atoms with Gasteiger partial charge in [-0.2, -0.15) is 0 Å². The molecule has 4 heterocycles. The van der Waals surface area contributed by atoms with E-state index in [-0.39, 0.29) is 0 Å². The van der Waals surface area contributed by atoms with E-state index >= 15 is 0 Å². The van der Waals surface area contributed by atoms with Gasteiger partial charge in [0, 0.05) is 65.5 Å². The summed E-state index contributed by atoms with van der Waals surface area (Å²) in [5.41, 5.74) is 19.8. The summed E-state index contributed by atoms with van der Waals surface area (Å²) >= 11 is 12.7. The van der Waals surface area contributed by atoms with Crippen LogP contribution in [-0.2, 0) is 0 Å². The van der Waals surface area contributed by atoms with Gasteiger partial charge in [-0.3, -0.25) is 0 Å². The molecular formula is C90H59BCl2N6O4. The fraction of sp³-hybridized carbons (Fsp3) is 0. The normalized spacial score (nSPS) is 11.1. The van der Waals surface area contributed by atoms with Crippen LogP contribution < -0.4 is 5.46 Å². The van der Waals surface area contributed by atoms with Crippen molar-refractivity contribution in [2.75, 3.05) is 0 Å². The predicted octanol–water partition coefficient (Wildman–Crippen LogP) is 22.6. The Balaban J connectivity index is 0.000000143. The SMILES string of the molecule is Clc1cc(Cl)c2oc3cccc(-c4nc(-c5ccccc5)nc(-c5ccccc5)n4)c3c2c1.OB(O)c1cccc(-c2ccccc2)c1.c1ccc(-c2cccc(-c3cc(-c4cccc(-c5ccccc5)c4)c4oc5cccc(-c6nc(-c7ccccc7)nc(-c7ccccc7)n6)c5c4c3)c2)cc1. The highest BCUT2D eigenvalue weighted by atomic mass is 35.5. The van der Waals surface area contributed by atoms with Crippen LogP contribution in [0.2, 0.25) is 10.0 Å². The van der Waals surface area contributed by atoms with E-state index in [1.165, 1.54) is 5.56 Å². The lowest BCUT2D eigenvalue weighted by Crippen LogP contribution is -2.29. The molecule has 0 saturated carbocycles. The van der Waals surface area contributed by atoms with Crippen molar-refractivity contribution in [1.29, 1.82) is 0 Å². The molecule has 0 amide bonds. The lowest BCUT2D eigenvalue weighted by Gasteiger charge is -2.12. The average molecular weight is 1370 g/mol. The molecule has 0 spiro atoms. The Morgan fingerprint density at radius 3 is 0.981 bits per heavy atom. The fourth-order valence-corrected chi connectivity index (χ4v) is 13.4. The van der Waals surface area contributed by atoms with Crippen LogP contribution in [0.25, 0.3) is 168 Å². The monoisotopic (exact) mass is 1370 g/mol. The van der Waals surface area contributed by atoms with Crippen LogP contribution in [0.1, 0.15) is 0 Å². The molecule has 0 aliphatic heterocycles. The average Bonchev–Trinajstić information content (AvgIpc) is 1.62. The van der Waals surface area contributed by atoms with Crippen molar-refractivity contribution in [1.82, 2.24) is 29.9 Å². The molecule has 18 aromatic rings. The zero-order valence-electron chi connectivity index (χ0n) is 55.1. The maximum atomic E-state index is 9.05. The first-order chi connectivity index (χ1) is 50.7. The summed E-state index contributed by atoms with van der Waals surface area (Å²) in [7, 11) is -1.41. The highest BCUT2D eigenvalue weighted by molar-refractivity contribution is 6.58. The zero-order valence-corrected chi connectivity index (χ0v) is 56.6. The fourth-order valence-electron chi connectivity index (χ4n) is 12.9. The number of halogens is 2. The molecule has 0 aliphatic rings. The van der Waals surface area contributed by atoms with E-state index in [0.29, 0.717) is 61.6 Å². The van der Waals surface area contributed by atoms with Gasteiger partial charge in [0.05, 0.1) is 5.02 Å². The first-order valence-corrected chi connectivity index (χ1v) is 34.3. The second kappa shape index (κ2) is 29.2. The summed E-state index contributed by atoms with van der Waals surface area (Å²) < 4.78 is 13.0. The van der Waals surface area contributed by atoms with Gasteiger partial charge in [0.25, 0.3) is 0 Å². The van der Waals surface area contributed by atoms with E-state index in [2.05, 4.69) is 121 Å². The third-order valence-corrected chi connectivity index (χ3v) is 18.4. The first kappa shape index (κ1) is 64.9. The summed E-state index contributed by atoms with van der Waals surface area (Å²) in [6.45, 7) is 0. The third kappa shape index (κ3) is 13.9. The zero-order chi connectivity index (χ0) is 69.6. The minimum Gasteiger partial charge on any atom is -0.455 e. The van der Waals surface area contributed by atoms with E-state index in [1.54, 1.807) is 18.2 Å². The van der Waals surface area contributed by atoms with Crippen molar-refractivity contribution in [3.8, 4) is 124 Å². The van der Waals surface area contributed by atoms with E-state index in [9.17, 15) is 0 Å². The molecule has 0 bridgehead atoms. The van der Waals surface area contributed by atoms with E-state index < -0.39 is 7.12 Å². The molecule has 0 radical (unpaired) electrons. The van der Waals surface area contributed by atoms with Crippen molar-refractivity contribution < 1.29 is 18.9 Å². The van der Waals surface area contributed by atoms with Gasteiger partial charge in [-0.05, 0) is 104 Å². The molecule has 103 heavy (non-hydrogen) atoms. The van der Waals surface area contributed by atoms with Crippen LogP contribution in [0.3, 0.4) is 0 Å². The van der Waals surface area contributed by atoms with E-state index in [4.69, 9.17) is 72.0 Å². The Morgan fingerprint density at radius 2 is 0.563 bits per heavy atom. The Bertz CT molecular complexity index is 5940. The van der Waals surface area contributed by atoms with Crippen molar-refractivity contribution in [2.45, 2.75) is 0 Å². The van der Waals surface area contributed by atoms with Crippen LogP contribution in [0, 0.1) is 0 Å². The number of rotatable bonds is 12. The van der Waals surface area contributed by atoms with Crippen molar-refractivity contribution in [3.05, 3.63) is 356 Å². The van der Waals surface area contributed by atoms with E-state index in [1.807, 2.05) is 206 Å². The summed E-state index contributed by atoms with van der Waals surface area (Å²) in [6, 6.07) is 116. The first-order valence-electron chi connectivity index (χ1n) is 33.6. The predicted molar refractivity (Wildman–Crippen MR) is 420 cm³/mol. The number of nitrogens with zero attached hydrogens (tertiary/aromatic N) is 6. The van der Waals surface area contributed by atoms with Crippen LogP contribution in [0.5, 0.6) is 0 Å². The Morgan fingerprint density at radius 1 is 0.243 bits per heavy atom. The molecule has 490 valence electrons. The highest BCUT2D eigenvalue weighted by Gasteiger charge is 2.24. The number of fused-ring (bicyclic) bond motifs is 6. The molecule has 0 saturated heterocycles. The van der Waals surface area contributed by atoms with Gasteiger partial charge in [0.1, 0.15) is 16.7 Å². The summed E-state index contributed by atoms with van der Waals surface area (Å²) in [4.78, 5) is 29.7. The summed E-state index contributed by atoms with van der Waals surface area (Å²) in [5, 5.41) is 22.7. The van der Waals surface area contributed by atoms with Crippen molar-refractivity contribution in [3.63, 3.8) is 0 Å². The maximum absolute atomic E-state index is 9.05. The van der Waals surface area contributed by atoms with Crippen LogP contribution in [-0.4, -0.2) is 47.1 Å². The Labute approximate surface area is 604 Å². The number of hydrogen-bond donors (Lipinski definition) is 2. The summed E-state index contributed by atoms with van der Waals surface area (Å²) in [6.07, 6.45) is 0. The van der Waals surface area contributed by atoms with Gasteiger partial charge in [-0.25, -0.2) is 29.9 Å². The van der Waals surface area contributed by atoms with Gasteiger partial charge >= 0.3 is 7.12 Å². The third-order valence-electron chi connectivity index (χ3n) is 17.9. The minimum absolute atomic E-state index is 0.463. The topological polar surface area (TPSA) is 144 Å². The van der Waals surface area contributed by atoms with Gasteiger partial charge in [0.2, 0.25) is 0 Å². The number of hydrogen-bond acceptors (Lipinski definition) is 10. The van der Waals surface area contributed by atoms with Crippen LogP contribution in [0.15, 0.2) is 355 Å². The van der Waals surface area contributed by atoms with Gasteiger partial charge in [-0.15, -0.1) is 0 Å². The second-order valence-electron chi connectivity index (χ2n) is 24.6. The minimum atomic E-state index is -1.41. The molecule has 2 N–H and O–H groups in total. The second-order valence-corrected chi connectivity index (χ2v) is 25.4. The Kier molecular flexibility index (Phi) is 18.4. The molecule has 18 rings (SSSR count). The molecular weight excluding hydrogens is 1310 g/mol. The van der Waals surface area contributed by atoms with Gasteiger partial charge in [0.15, 0.2) is 40.5 Å². The van der Waals surface area contributed by atoms with Gasteiger partial charge in [-0.1, -0.05) is 320 Å². The van der Waals surface area contributed by atoms with Gasteiger partial charge < -0.3 is 18.9 Å². The van der Waals surface area contributed by atoms with Crippen molar-refractivity contribution >= 4 is 79.7 Å². The molecule has 0 atom stereocenters. The van der Waals surface area contributed by atoms with E-state index in [0.717, 1.165) is 116 Å². The number of aromatic nitrogens is 6. The molecule has 10 nitrogen and oxygen atoms in total. The molecule has 13 heteroatoms. The Hall–Kier alpha value is -12.7. The number of furan rings is 2. The lowest BCUT2D eigenvalue weighted by molar-refractivity contribution is 0.426. The number of benzene rings is 14. The summed E-state index contributed by atoms with van der Waals surface area (Å²) in [5.74, 6) is 3.56. The maximum Gasteiger partial charge on any atom is 0.488 e. The quantitative estimate of drug-likeness (QED) is 0.113. The van der Waals surface area contributed by atoms with Crippen molar-refractivity contribution in [2.24, 2.45) is 0 Å². The molecule has 4 aromatic heterocycles. The van der Waals surface area contributed by atoms with Crippen LogP contribution in [0.4, 0.5) is 0 Å².